The molecule has 2 heteroatoms. The number of aldehydes is 1. The molecule has 0 aromatic heterocycles. The van der Waals surface area contributed by atoms with Gasteiger partial charge < -0.3 is 0 Å². The van der Waals surface area contributed by atoms with Gasteiger partial charge in [0.25, 0.3) is 0 Å². The van der Waals surface area contributed by atoms with E-state index in [1.807, 2.05) is 0 Å². The molecule has 0 amide bonds. The molecule has 0 N–H and O–H groups in total. The average molecular weight is 85.1 g/mol. The number of carbonyl (C=O) groups is 1. The summed E-state index contributed by atoms with van der Waals surface area (Å²) in [4.78, 5) is 13.2. The van der Waals surface area contributed by atoms with Crippen LogP contribution in [-0.4, -0.2) is 19.0 Å². The topological polar surface area (TPSA) is 29.4 Å². The summed E-state index contributed by atoms with van der Waals surface area (Å²) in [6.07, 6.45) is 0.722. The molecule has 0 atom stereocenters. The van der Waals surface area contributed by atoms with Crippen molar-refractivity contribution < 1.29 is 4.79 Å². The monoisotopic (exact) mass is 85.1 g/mol. The Morgan fingerprint density at radius 1 is 1.83 bits per heavy atom. The van der Waals surface area contributed by atoms with Crippen molar-refractivity contribution in [2.45, 2.75) is 6.92 Å². The van der Waals surface area contributed by atoms with E-state index in [0.717, 1.165) is 6.29 Å². The van der Waals surface area contributed by atoms with E-state index in [-0.39, 0.29) is 0 Å². The lowest BCUT2D eigenvalue weighted by Crippen LogP contribution is -1.88. The molecule has 0 unspecified atom stereocenters. The quantitative estimate of drug-likeness (QED) is 0.332. The van der Waals surface area contributed by atoms with Crippen molar-refractivity contribution in [2.75, 3.05) is 7.05 Å². The Morgan fingerprint density at radius 3 is 2.33 bits per heavy atom. The highest BCUT2D eigenvalue weighted by atomic mass is 16.1. The summed E-state index contributed by atoms with van der Waals surface area (Å²) in [7, 11) is 1.59. The molecule has 2 nitrogen and oxygen atoms in total. The van der Waals surface area contributed by atoms with Crippen LogP contribution in [0.5, 0.6) is 0 Å². The molecule has 0 aliphatic carbocycles. The van der Waals surface area contributed by atoms with Gasteiger partial charge in [0.15, 0.2) is 6.29 Å². The molecule has 0 fully saturated rings. The van der Waals surface area contributed by atoms with Crippen LogP contribution in [0.25, 0.3) is 0 Å². The Labute approximate surface area is 36.9 Å². The van der Waals surface area contributed by atoms with E-state index in [9.17, 15) is 4.79 Å². The fourth-order valence-corrected chi connectivity index (χ4v) is 0.0527. The van der Waals surface area contributed by atoms with Crippen molar-refractivity contribution in [3.05, 3.63) is 0 Å². The highest BCUT2D eigenvalue weighted by Gasteiger charge is 1.74. The molecule has 0 heterocycles. The van der Waals surface area contributed by atoms with Crippen LogP contribution in [-0.2, 0) is 4.79 Å². The average Bonchev–Trinajstić information content (AvgIpc) is 1.65. The third kappa shape index (κ3) is 1.64. The van der Waals surface area contributed by atoms with Gasteiger partial charge in [-0.15, -0.1) is 0 Å². The van der Waals surface area contributed by atoms with Gasteiger partial charge in [-0.2, -0.15) is 0 Å². The zero-order valence-corrected chi connectivity index (χ0v) is 3.93. The van der Waals surface area contributed by atoms with E-state index < -0.39 is 0 Å². The van der Waals surface area contributed by atoms with Crippen LogP contribution in [0.4, 0.5) is 0 Å². The molecular weight excluding hydrogens is 78.0 g/mol. The fourth-order valence-electron chi connectivity index (χ4n) is 0.0527. The fraction of sp³-hybridized carbons (Fsp3) is 0.500. The first-order valence-corrected chi connectivity index (χ1v) is 1.70. The maximum atomic E-state index is 9.61. The Hall–Kier alpha value is -0.660. The van der Waals surface area contributed by atoms with Gasteiger partial charge in [0, 0.05) is 7.05 Å². The smallest absolute Gasteiger partial charge is 0.163 e. The summed E-state index contributed by atoms with van der Waals surface area (Å²) in [6, 6.07) is 0. The maximum absolute atomic E-state index is 9.61. The first-order valence-electron chi connectivity index (χ1n) is 1.70. The zero-order chi connectivity index (χ0) is 4.99. The zero-order valence-electron chi connectivity index (χ0n) is 3.93. The van der Waals surface area contributed by atoms with E-state index in [0.29, 0.717) is 5.71 Å². The lowest BCUT2D eigenvalue weighted by atomic mass is 10.5. The number of aliphatic imine (C=N–C) groups is 1. The number of rotatable bonds is 1. The highest BCUT2D eigenvalue weighted by Crippen LogP contribution is 1.61. The van der Waals surface area contributed by atoms with E-state index in [1.54, 1.807) is 14.0 Å². The van der Waals surface area contributed by atoms with Gasteiger partial charge in [0.05, 0.1) is 5.71 Å². The first-order chi connectivity index (χ1) is 2.81. The lowest BCUT2D eigenvalue weighted by molar-refractivity contribution is -0.102. The minimum atomic E-state index is 0.537. The molecule has 0 aromatic rings. The minimum Gasteiger partial charge on any atom is -0.297 e. The summed E-state index contributed by atoms with van der Waals surface area (Å²) in [6.45, 7) is 1.66. The van der Waals surface area contributed by atoms with Crippen molar-refractivity contribution in [1.29, 1.82) is 0 Å². The Bertz CT molecular complexity index is 75.6. The number of carbonyl (C=O) groups excluding carboxylic acids is 1. The van der Waals surface area contributed by atoms with E-state index in [4.69, 9.17) is 0 Å². The molecule has 6 heavy (non-hydrogen) atoms. The van der Waals surface area contributed by atoms with E-state index in [1.165, 1.54) is 0 Å². The summed E-state index contributed by atoms with van der Waals surface area (Å²) in [5, 5.41) is 0. The van der Waals surface area contributed by atoms with Crippen LogP contribution in [0.2, 0.25) is 0 Å². The highest BCUT2D eigenvalue weighted by molar-refractivity contribution is 6.26. The molecule has 34 valence electrons. The summed E-state index contributed by atoms with van der Waals surface area (Å²) >= 11 is 0. The van der Waals surface area contributed by atoms with Gasteiger partial charge in [-0.1, -0.05) is 0 Å². The summed E-state index contributed by atoms with van der Waals surface area (Å²) < 4.78 is 0. The molecule has 0 aromatic carbocycles. The number of nitrogens with zero attached hydrogens (tertiary/aromatic N) is 1. The molecule has 0 spiro atoms. The third-order valence-corrected chi connectivity index (χ3v) is 0.523. The number of hydrogen-bond donors (Lipinski definition) is 0. The second-order valence-corrected chi connectivity index (χ2v) is 0.983. The van der Waals surface area contributed by atoms with Gasteiger partial charge in [-0.3, -0.25) is 9.79 Å². The molecular formula is C4H7NO. The van der Waals surface area contributed by atoms with Gasteiger partial charge in [-0.25, -0.2) is 0 Å². The second-order valence-electron chi connectivity index (χ2n) is 0.983. The van der Waals surface area contributed by atoms with E-state index in [2.05, 4.69) is 4.99 Å². The maximum Gasteiger partial charge on any atom is 0.163 e. The molecule has 0 bridgehead atoms. The SMILES string of the molecule is CN=C(C)C=O. The van der Waals surface area contributed by atoms with Crippen LogP contribution in [0.1, 0.15) is 6.92 Å². The predicted octanol–water partition coefficient (Wildman–Crippen LogP) is 0.276. The van der Waals surface area contributed by atoms with Crippen LogP contribution < -0.4 is 0 Å². The van der Waals surface area contributed by atoms with Gasteiger partial charge in [-0.05, 0) is 6.92 Å². The van der Waals surface area contributed by atoms with Crippen molar-refractivity contribution in [3.8, 4) is 0 Å². The number of hydrogen-bond acceptors (Lipinski definition) is 2. The van der Waals surface area contributed by atoms with Gasteiger partial charge >= 0.3 is 0 Å². The summed E-state index contributed by atoms with van der Waals surface area (Å²) in [5.41, 5.74) is 0.537. The predicted molar refractivity (Wildman–Crippen MR) is 25.1 cm³/mol. The van der Waals surface area contributed by atoms with Gasteiger partial charge in [0.2, 0.25) is 0 Å². The lowest BCUT2D eigenvalue weighted by Gasteiger charge is -1.73. The standard InChI is InChI=1S/C4H7NO/c1-4(3-6)5-2/h3H,1-2H3. The van der Waals surface area contributed by atoms with Crippen molar-refractivity contribution in [1.82, 2.24) is 0 Å². The molecule has 0 saturated heterocycles. The van der Waals surface area contributed by atoms with Crippen LogP contribution >= 0.6 is 0 Å². The minimum absolute atomic E-state index is 0.537. The van der Waals surface area contributed by atoms with Crippen LogP contribution in [0, 0.1) is 0 Å². The molecule has 0 rings (SSSR count). The van der Waals surface area contributed by atoms with Crippen LogP contribution in [0.15, 0.2) is 4.99 Å². The Balaban J connectivity index is 3.50. The Kier molecular flexibility index (Phi) is 2.29. The molecule has 0 aliphatic rings. The summed E-state index contributed by atoms with van der Waals surface area (Å²) in [5.74, 6) is 0. The molecule has 0 saturated carbocycles. The van der Waals surface area contributed by atoms with Crippen molar-refractivity contribution >= 4 is 12.0 Å². The Morgan fingerprint density at radius 2 is 2.33 bits per heavy atom. The van der Waals surface area contributed by atoms with Crippen LogP contribution in [0.3, 0.4) is 0 Å². The van der Waals surface area contributed by atoms with Gasteiger partial charge in [0.1, 0.15) is 0 Å². The largest absolute Gasteiger partial charge is 0.297 e. The van der Waals surface area contributed by atoms with Crippen molar-refractivity contribution in [2.24, 2.45) is 4.99 Å². The second kappa shape index (κ2) is 2.57. The molecule has 0 aliphatic heterocycles. The van der Waals surface area contributed by atoms with Crippen molar-refractivity contribution in [3.63, 3.8) is 0 Å². The first kappa shape index (κ1) is 5.34. The van der Waals surface area contributed by atoms with E-state index >= 15 is 0 Å². The molecule has 0 radical (unpaired) electrons. The third-order valence-electron chi connectivity index (χ3n) is 0.523. The normalized spacial score (nSPS) is 11.3.